The van der Waals surface area contributed by atoms with Gasteiger partial charge in [0.2, 0.25) is 0 Å². The molecule has 0 aliphatic heterocycles. The fourth-order valence-electron chi connectivity index (χ4n) is 4.21. The molecular formula is C28H50OS2. The van der Waals surface area contributed by atoms with E-state index in [1.54, 1.807) is 0 Å². The van der Waals surface area contributed by atoms with E-state index in [2.05, 4.69) is 52.4 Å². The number of unbranched alkanes of at least 4 members (excludes halogenated alkanes) is 10. The number of thioether (sulfide) groups is 2. The van der Waals surface area contributed by atoms with Crippen molar-refractivity contribution < 1.29 is 5.11 Å². The Labute approximate surface area is 203 Å². The summed E-state index contributed by atoms with van der Waals surface area (Å²) in [6.45, 7) is 11.4. The third-order valence-corrected chi connectivity index (χ3v) is 8.08. The Morgan fingerprint density at radius 3 is 1.68 bits per heavy atom. The Hall–Kier alpha value is -0.280. The lowest BCUT2D eigenvalue weighted by atomic mass is 9.81. The van der Waals surface area contributed by atoms with Crippen LogP contribution >= 0.6 is 23.5 Å². The predicted octanol–water partition coefficient (Wildman–Crippen LogP) is 9.88. The van der Waals surface area contributed by atoms with Gasteiger partial charge in [-0.1, -0.05) is 105 Å². The van der Waals surface area contributed by atoms with E-state index in [0.717, 1.165) is 11.5 Å². The molecule has 1 N–H and O–H groups in total. The van der Waals surface area contributed by atoms with Crippen molar-refractivity contribution in [2.45, 2.75) is 129 Å². The van der Waals surface area contributed by atoms with Crippen LogP contribution in [0.3, 0.4) is 0 Å². The van der Waals surface area contributed by atoms with Crippen molar-refractivity contribution in [2.24, 2.45) is 0 Å². The van der Waals surface area contributed by atoms with Crippen LogP contribution in [-0.2, 0) is 16.9 Å². The van der Waals surface area contributed by atoms with Gasteiger partial charge < -0.3 is 5.11 Å². The molecule has 0 heterocycles. The fourth-order valence-corrected chi connectivity index (χ4v) is 6.27. The van der Waals surface area contributed by atoms with Gasteiger partial charge in [-0.15, -0.1) is 0 Å². The van der Waals surface area contributed by atoms with Crippen LogP contribution in [0.1, 0.15) is 128 Å². The van der Waals surface area contributed by atoms with Gasteiger partial charge in [0.05, 0.1) is 0 Å². The van der Waals surface area contributed by atoms with Gasteiger partial charge in [0.25, 0.3) is 0 Å². The number of benzene rings is 1. The summed E-state index contributed by atoms with van der Waals surface area (Å²) in [7, 11) is 0. The Kier molecular flexibility index (Phi) is 16.0. The second kappa shape index (κ2) is 17.2. The molecule has 0 bridgehead atoms. The molecule has 31 heavy (non-hydrogen) atoms. The van der Waals surface area contributed by atoms with Gasteiger partial charge in [0.1, 0.15) is 5.75 Å². The minimum Gasteiger partial charge on any atom is -0.508 e. The van der Waals surface area contributed by atoms with Gasteiger partial charge in [0.15, 0.2) is 0 Å². The maximum atomic E-state index is 10.7. The van der Waals surface area contributed by atoms with Crippen molar-refractivity contribution in [3.63, 3.8) is 0 Å². The first kappa shape index (κ1) is 28.8. The second-order valence-electron chi connectivity index (χ2n) is 9.99. The molecule has 0 unspecified atom stereocenters. The fraction of sp³-hybridized carbons (Fsp3) is 0.786. The monoisotopic (exact) mass is 466 g/mol. The van der Waals surface area contributed by atoms with Crippen LogP contribution < -0.4 is 0 Å². The van der Waals surface area contributed by atoms with Crippen LogP contribution in [0.25, 0.3) is 0 Å². The van der Waals surface area contributed by atoms with Gasteiger partial charge in [-0.3, -0.25) is 0 Å². The van der Waals surface area contributed by atoms with Crippen molar-refractivity contribution >= 4 is 23.5 Å². The maximum Gasteiger partial charge on any atom is 0.119 e. The van der Waals surface area contributed by atoms with Crippen LogP contribution in [0.15, 0.2) is 12.1 Å². The van der Waals surface area contributed by atoms with Gasteiger partial charge in [0, 0.05) is 17.1 Å². The Bertz CT molecular complexity index is 577. The number of aromatic hydroxyl groups is 1. The van der Waals surface area contributed by atoms with E-state index in [1.165, 1.54) is 105 Å². The highest BCUT2D eigenvalue weighted by Crippen LogP contribution is 2.38. The molecule has 1 nitrogen and oxygen atoms in total. The molecule has 0 spiro atoms. The number of phenolic OH excluding ortho intramolecular Hbond substituents is 1. The molecule has 1 rings (SSSR count). The normalized spacial score (nSPS) is 11.9. The summed E-state index contributed by atoms with van der Waals surface area (Å²) in [5.74, 6) is 4.94. The lowest BCUT2D eigenvalue weighted by Gasteiger charge is -2.27. The van der Waals surface area contributed by atoms with E-state index in [-0.39, 0.29) is 5.41 Å². The molecule has 3 heteroatoms. The number of hydrogen-bond donors (Lipinski definition) is 1. The average molecular weight is 467 g/mol. The molecule has 0 aromatic heterocycles. The molecular weight excluding hydrogens is 416 g/mol. The summed E-state index contributed by atoms with van der Waals surface area (Å²) in [6.07, 6.45) is 16.3. The first-order valence-electron chi connectivity index (χ1n) is 12.9. The van der Waals surface area contributed by atoms with Gasteiger partial charge in [-0.2, -0.15) is 23.5 Å². The summed E-state index contributed by atoms with van der Waals surface area (Å²) in [6, 6.07) is 4.11. The highest BCUT2D eigenvalue weighted by Gasteiger charge is 2.24. The summed E-state index contributed by atoms with van der Waals surface area (Å²) in [5.41, 5.74) is 4.06. The second-order valence-corrected chi connectivity index (χ2v) is 12.2. The third-order valence-electron chi connectivity index (χ3n) is 5.91. The molecule has 0 fully saturated rings. The Morgan fingerprint density at radius 1 is 0.677 bits per heavy atom. The topological polar surface area (TPSA) is 20.2 Å². The zero-order valence-electron chi connectivity index (χ0n) is 21.2. The van der Waals surface area contributed by atoms with E-state index in [1.807, 2.05) is 17.8 Å². The molecule has 0 saturated heterocycles. The first-order valence-corrected chi connectivity index (χ1v) is 15.2. The summed E-state index contributed by atoms with van der Waals surface area (Å²) in [4.78, 5) is 0. The summed E-state index contributed by atoms with van der Waals surface area (Å²) < 4.78 is 0. The maximum absolute atomic E-state index is 10.7. The molecule has 0 aliphatic rings. The Balaban J connectivity index is 2.56. The first-order chi connectivity index (χ1) is 14.9. The SMILES string of the molecule is CCCCCCCCSCc1ccc(O)c(CSCCCCCCCC)c1C(C)(C)C. The highest BCUT2D eigenvalue weighted by atomic mass is 32.2. The molecule has 180 valence electrons. The van der Waals surface area contributed by atoms with Crippen molar-refractivity contribution in [2.75, 3.05) is 11.5 Å². The lowest BCUT2D eigenvalue weighted by Crippen LogP contribution is -2.17. The van der Waals surface area contributed by atoms with E-state index >= 15 is 0 Å². The minimum absolute atomic E-state index is 0.0603. The molecule has 1 aromatic carbocycles. The van der Waals surface area contributed by atoms with Crippen molar-refractivity contribution in [1.29, 1.82) is 0 Å². The van der Waals surface area contributed by atoms with Crippen LogP contribution in [0.2, 0.25) is 0 Å². The number of rotatable bonds is 18. The van der Waals surface area contributed by atoms with Crippen LogP contribution in [0.5, 0.6) is 5.75 Å². The highest BCUT2D eigenvalue weighted by molar-refractivity contribution is 7.98. The molecule has 0 saturated carbocycles. The van der Waals surface area contributed by atoms with Crippen LogP contribution in [0.4, 0.5) is 0 Å². The summed E-state index contributed by atoms with van der Waals surface area (Å²) >= 11 is 4.07. The number of hydrogen-bond acceptors (Lipinski definition) is 3. The molecule has 1 aromatic rings. The smallest absolute Gasteiger partial charge is 0.119 e. The molecule has 0 amide bonds. The van der Waals surface area contributed by atoms with Crippen molar-refractivity contribution in [3.8, 4) is 5.75 Å². The standard InChI is InChI=1S/C28H50OS2/c1-6-8-10-12-14-16-20-30-22-24-18-19-26(29)25(27(24)28(3,4)5)23-31-21-17-15-13-11-9-7-2/h18-19,29H,6-17,20-23H2,1-5H3. The van der Waals surface area contributed by atoms with Crippen molar-refractivity contribution in [3.05, 3.63) is 28.8 Å². The van der Waals surface area contributed by atoms with Gasteiger partial charge in [-0.05, 0) is 47.0 Å². The Morgan fingerprint density at radius 2 is 1.16 bits per heavy atom. The zero-order chi connectivity index (χ0) is 23.0. The number of phenols is 1. The van der Waals surface area contributed by atoms with E-state index in [0.29, 0.717) is 5.75 Å². The largest absolute Gasteiger partial charge is 0.508 e. The minimum atomic E-state index is 0.0603. The van der Waals surface area contributed by atoms with E-state index < -0.39 is 0 Å². The zero-order valence-corrected chi connectivity index (χ0v) is 22.9. The molecule has 0 atom stereocenters. The molecule has 0 aliphatic carbocycles. The quantitative estimate of drug-likeness (QED) is 0.217. The van der Waals surface area contributed by atoms with Gasteiger partial charge >= 0.3 is 0 Å². The molecule has 0 radical (unpaired) electrons. The average Bonchev–Trinajstić information content (AvgIpc) is 2.72. The lowest BCUT2D eigenvalue weighted by molar-refractivity contribution is 0.464. The third kappa shape index (κ3) is 12.5. The summed E-state index contributed by atoms with van der Waals surface area (Å²) in [5, 5.41) is 10.7. The van der Waals surface area contributed by atoms with E-state index in [9.17, 15) is 5.11 Å². The van der Waals surface area contributed by atoms with Crippen LogP contribution in [0, 0.1) is 0 Å². The van der Waals surface area contributed by atoms with Crippen molar-refractivity contribution in [1.82, 2.24) is 0 Å². The van der Waals surface area contributed by atoms with Gasteiger partial charge in [-0.25, -0.2) is 0 Å². The van der Waals surface area contributed by atoms with Crippen LogP contribution in [-0.4, -0.2) is 16.6 Å². The van der Waals surface area contributed by atoms with E-state index in [4.69, 9.17) is 0 Å². The predicted molar refractivity (Wildman–Crippen MR) is 146 cm³/mol.